The van der Waals surface area contributed by atoms with Crippen molar-refractivity contribution in [1.29, 1.82) is 0 Å². The van der Waals surface area contributed by atoms with Crippen LogP contribution in [0.15, 0.2) is 30.3 Å². The molecule has 0 aliphatic carbocycles. The van der Waals surface area contributed by atoms with Crippen molar-refractivity contribution in [3.8, 4) is 0 Å². The summed E-state index contributed by atoms with van der Waals surface area (Å²) in [6.45, 7) is 3.49. The standard InChI is InChI=1S/C14H22N2O2S/c1-12(13-7-4-3-5-8-13)16(19(2,17)18)11-14-9-6-10-15-14/h3-5,7-8,12,14-15H,6,9-11H2,1-2H3/t12-,14+/m1/s1. The van der Waals surface area contributed by atoms with Gasteiger partial charge in [-0.3, -0.25) is 0 Å². The Kier molecular flexibility index (Phi) is 4.60. The van der Waals surface area contributed by atoms with E-state index in [1.165, 1.54) is 6.26 Å². The minimum atomic E-state index is -3.21. The van der Waals surface area contributed by atoms with Gasteiger partial charge in [0.1, 0.15) is 0 Å². The van der Waals surface area contributed by atoms with E-state index in [4.69, 9.17) is 0 Å². The lowest BCUT2D eigenvalue weighted by atomic mass is 10.1. The molecule has 0 amide bonds. The molecule has 0 unspecified atom stereocenters. The van der Waals surface area contributed by atoms with Crippen molar-refractivity contribution in [2.75, 3.05) is 19.3 Å². The first-order valence-corrected chi connectivity index (χ1v) is 8.58. The molecule has 1 aliphatic rings. The third-order valence-electron chi connectivity index (χ3n) is 3.70. The Morgan fingerprint density at radius 1 is 1.37 bits per heavy atom. The molecule has 0 saturated carbocycles. The first kappa shape index (κ1) is 14.5. The van der Waals surface area contributed by atoms with Crippen molar-refractivity contribution in [3.63, 3.8) is 0 Å². The molecule has 0 spiro atoms. The summed E-state index contributed by atoms with van der Waals surface area (Å²) in [5, 5.41) is 3.36. The van der Waals surface area contributed by atoms with Crippen LogP contribution >= 0.6 is 0 Å². The van der Waals surface area contributed by atoms with Crippen LogP contribution in [0.2, 0.25) is 0 Å². The summed E-state index contributed by atoms with van der Waals surface area (Å²) in [4.78, 5) is 0. The summed E-state index contributed by atoms with van der Waals surface area (Å²) in [6.07, 6.45) is 3.47. The Balaban J connectivity index is 2.18. The van der Waals surface area contributed by atoms with Crippen LogP contribution in [0.25, 0.3) is 0 Å². The molecular formula is C14H22N2O2S. The highest BCUT2D eigenvalue weighted by atomic mass is 32.2. The molecule has 106 valence electrons. The van der Waals surface area contributed by atoms with Gasteiger partial charge in [0.25, 0.3) is 0 Å². The molecule has 19 heavy (non-hydrogen) atoms. The lowest BCUT2D eigenvalue weighted by molar-refractivity contribution is 0.314. The summed E-state index contributed by atoms with van der Waals surface area (Å²) >= 11 is 0. The molecule has 4 nitrogen and oxygen atoms in total. The molecule has 1 N–H and O–H groups in total. The van der Waals surface area contributed by atoms with E-state index in [1.807, 2.05) is 37.3 Å². The van der Waals surface area contributed by atoms with Crippen molar-refractivity contribution in [2.24, 2.45) is 0 Å². The van der Waals surface area contributed by atoms with Crippen molar-refractivity contribution in [1.82, 2.24) is 9.62 Å². The zero-order valence-electron chi connectivity index (χ0n) is 11.5. The lowest BCUT2D eigenvalue weighted by Gasteiger charge is -2.29. The zero-order chi connectivity index (χ0) is 13.9. The molecule has 1 aromatic rings. The SMILES string of the molecule is C[C@H](c1ccccc1)N(C[C@@H]1CCCN1)S(C)(=O)=O. The van der Waals surface area contributed by atoms with Gasteiger partial charge < -0.3 is 5.32 Å². The predicted octanol–water partition coefficient (Wildman–Crippen LogP) is 1.76. The highest BCUT2D eigenvalue weighted by Crippen LogP contribution is 2.24. The molecule has 5 heteroatoms. The van der Waals surface area contributed by atoms with E-state index in [1.54, 1.807) is 4.31 Å². The minimum Gasteiger partial charge on any atom is -0.313 e. The Bertz CT molecular complexity index is 495. The van der Waals surface area contributed by atoms with Crippen LogP contribution in [-0.2, 0) is 10.0 Å². The highest BCUT2D eigenvalue weighted by molar-refractivity contribution is 7.88. The molecule has 1 fully saturated rings. The number of nitrogens with one attached hydrogen (secondary N) is 1. The van der Waals surface area contributed by atoms with Crippen LogP contribution < -0.4 is 5.32 Å². The lowest BCUT2D eigenvalue weighted by Crippen LogP contribution is -2.41. The average molecular weight is 282 g/mol. The summed E-state index contributed by atoms with van der Waals surface area (Å²) < 4.78 is 25.7. The Morgan fingerprint density at radius 2 is 2.05 bits per heavy atom. The maximum absolute atomic E-state index is 12.0. The fourth-order valence-electron chi connectivity index (χ4n) is 2.61. The first-order valence-electron chi connectivity index (χ1n) is 6.73. The molecule has 1 aliphatic heterocycles. The third kappa shape index (κ3) is 3.78. The van der Waals surface area contributed by atoms with Gasteiger partial charge in [-0.2, -0.15) is 4.31 Å². The quantitative estimate of drug-likeness (QED) is 0.895. The molecular weight excluding hydrogens is 260 g/mol. The van der Waals surface area contributed by atoms with Gasteiger partial charge in [0, 0.05) is 18.6 Å². The second kappa shape index (κ2) is 6.03. The molecule has 1 heterocycles. The van der Waals surface area contributed by atoms with Crippen molar-refractivity contribution in [3.05, 3.63) is 35.9 Å². The second-order valence-electron chi connectivity index (χ2n) is 5.21. The Morgan fingerprint density at radius 3 is 2.58 bits per heavy atom. The van der Waals surface area contributed by atoms with Crippen LogP contribution in [-0.4, -0.2) is 38.1 Å². The Hall–Kier alpha value is -0.910. The van der Waals surface area contributed by atoms with Crippen LogP contribution in [0.3, 0.4) is 0 Å². The minimum absolute atomic E-state index is 0.126. The van der Waals surface area contributed by atoms with E-state index < -0.39 is 10.0 Å². The van der Waals surface area contributed by atoms with E-state index in [0.717, 1.165) is 24.9 Å². The topological polar surface area (TPSA) is 49.4 Å². The fourth-order valence-corrected chi connectivity index (χ4v) is 3.76. The monoisotopic (exact) mass is 282 g/mol. The number of hydrogen-bond donors (Lipinski definition) is 1. The third-order valence-corrected chi connectivity index (χ3v) is 5.02. The smallest absolute Gasteiger partial charge is 0.211 e. The van der Waals surface area contributed by atoms with Crippen LogP contribution in [0.5, 0.6) is 0 Å². The van der Waals surface area contributed by atoms with Crippen molar-refractivity contribution >= 4 is 10.0 Å². The summed E-state index contributed by atoms with van der Waals surface area (Å²) in [7, 11) is -3.21. The first-order chi connectivity index (χ1) is 8.98. The van der Waals surface area contributed by atoms with Gasteiger partial charge in [-0.05, 0) is 31.9 Å². The molecule has 0 radical (unpaired) electrons. The van der Waals surface area contributed by atoms with Gasteiger partial charge in [-0.15, -0.1) is 0 Å². The maximum atomic E-state index is 12.0. The fraction of sp³-hybridized carbons (Fsp3) is 0.571. The van der Waals surface area contributed by atoms with Gasteiger partial charge in [0.15, 0.2) is 0 Å². The van der Waals surface area contributed by atoms with E-state index in [0.29, 0.717) is 6.54 Å². The molecule has 1 saturated heterocycles. The summed E-state index contributed by atoms with van der Waals surface area (Å²) in [6, 6.07) is 9.94. The summed E-state index contributed by atoms with van der Waals surface area (Å²) in [5.41, 5.74) is 1.03. The average Bonchev–Trinajstić information content (AvgIpc) is 2.88. The molecule has 0 bridgehead atoms. The summed E-state index contributed by atoms with van der Waals surface area (Å²) in [5.74, 6) is 0. The number of benzene rings is 1. The van der Waals surface area contributed by atoms with Crippen molar-refractivity contribution in [2.45, 2.75) is 31.8 Å². The molecule has 2 atom stereocenters. The number of rotatable bonds is 5. The van der Waals surface area contributed by atoms with E-state index in [-0.39, 0.29) is 12.1 Å². The number of sulfonamides is 1. The number of hydrogen-bond acceptors (Lipinski definition) is 3. The van der Waals surface area contributed by atoms with Crippen LogP contribution in [0, 0.1) is 0 Å². The molecule has 1 aromatic carbocycles. The van der Waals surface area contributed by atoms with E-state index in [2.05, 4.69) is 5.32 Å². The normalized spacial score (nSPS) is 21.7. The van der Waals surface area contributed by atoms with E-state index in [9.17, 15) is 8.42 Å². The number of nitrogens with zero attached hydrogens (tertiary/aromatic N) is 1. The van der Waals surface area contributed by atoms with Gasteiger partial charge in [0.05, 0.1) is 6.26 Å². The Labute approximate surface area is 115 Å². The van der Waals surface area contributed by atoms with Crippen molar-refractivity contribution < 1.29 is 8.42 Å². The maximum Gasteiger partial charge on any atom is 0.211 e. The molecule has 2 rings (SSSR count). The second-order valence-corrected chi connectivity index (χ2v) is 7.15. The molecule has 0 aromatic heterocycles. The highest BCUT2D eigenvalue weighted by Gasteiger charge is 2.28. The van der Waals surface area contributed by atoms with E-state index >= 15 is 0 Å². The van der Waals surface area contributed by atoms with Gasteiger partial charge in [-0.1, -0.05) is 30.3 Å². The van der Waals surface area contributed by atoms with Gasteiger partial charge in [-0.25, -0.2) is 8.42 Å². The van der Waals surface area contributed by atoms with Crippen LogP contribution in [0.4, 0.5) is 0 Å². The van der Waals surface area contributed by atoms with Gasteiger partial charge >= 0.3 is 0 Å². The van der Waals surface area contributed by atoms with Crippen LogP contribution in [0.1, 0.15) is 31.4 Å². The predicted molar refractivity (Wildman–Crippen MR) is 77.4 cm³/mol. The van der Waals surface area contributed by atoms with Gasteiger partial charge in [0.2, 0.25) is 10.0 Å². The zero-order valence-corrected chi connectivity index (χ0v) is 12.4. The largest absolute Gasteiger partial charge is 0.313 e.